The number of thioether (sulfide) groups is 1. The highest BCUT2D eigenvalue weighted by Gasteiger charge is 2.22. The van der Waals surface area contributed by atoms with Gasteiger partial charge in [0.05, 0.1) is 16.8 Å². The van der Waals surface area contributed by atoms with Crippen LogP contribution in [-0.4, -0.2) is 66.2 Å². The fraction of sp³-hybridized carbons (Fsp3) is 0.381. The number of carbonyl (C=O) groups is 1. The molecule has 182 valence electrons. The smallest absolute Gasteiger partial charge is 0.242 e. The number of carbonyl (C=O) groups excluding carboxylic acids is 1. The predicted octanol–water partition coefficient (Wildman–Crippen LogP) is 2.80. The highest BCUT2D eigenvalue weighted by Crippen LogP contribution is 2.22. The van der Waals surface area contributed by atoms with Crippen molar-refractivity contribution >= 4 is 55.0 Å². The number of benzene rings is 2. The van der Waals surface area contributed by atoms with E-state index in [2.05, 4.69) is 5.32 Å². The standard InChI is InChI=1S/C21H28ClN3O5S3/c1-24(2)33(29,30)19-11-9-18(10-12-19)25(32(3,27)28)15-21(26)23-13-6-14-31-16-17-7-4-5-8-20(17)22/h4-5,7-12H,6,13-16H2,1-3H3,(H,23,26). The summed E-state index contributed by atoms with van der Waals surface area (Å²) in [5.74, 6) is 1.14. The van der Waals surface area contributed by atoms with Crippen LogP contribution in [0.5, 0.6) is 0 Å². The Labute approximate surface area is 205 Å². The van der Waals surface area contributed by atoms with E-state index in [-0.39, 0.29) is 10.6 Å². The van der Waals surface area contributed by atoms with E-state index in [1.54, 1.807) is 11.8 Å². The maximum Gasteiger partial charge on any atom is 0.242 e. The van der Waals surface area contributed by atoms with Gasteiger partial charge >= 0.3 is 0 Å². The first-order valence-corrected chi connectivity index (χ1v) is 14.8. The van der Waals surface area contributed by atoms with Gasteiger partial charge in [-0.3, -0.25) is 9.10 Å². The van der Waals surface area contributed by atoms with E-state index < -0.39 is 32.5 Å². The molecule has 0 atom stereocenters. The first-order valence-electron chi connectivity index (χ1n) is 10.0. The third kappa shape index (κ3) is 8.18. The number of hydrogen-bond acceptors (Lipinski definition) is 6. The van der Waals surface area contributed by atoms with Gasteiger partial charge in [0.25, 0.3) is 0 Å². The van der Waals surface area contributed by atoms with Crippen LogP contribution in [0.15, 0.2) is 53.4 Å². The molecule has 2 aromatic rings. The van der Waals surface area contributed by atoms with Crippen LogP contribution in [0.4, 0.5) is 5.69 Å². The van der Waals surface area contributed by atoms with Gasteiger partial charge in [-0.15, -0.1) is 0 Å². The molecule has 0 saturated carbocycles. The molecular formula is C21H28ClN3O5S3. The van der Waals surface area contributed by atoms with Crippen LogP contribution < -0.4 is 9.62 Å². The third-order valence-electron chi connectivity index (χ3n) is 4.59. The first-order chi connectivity index (χ1) is 15.4. The molecule has 8 nitrogen and oxygen atoms in total. The van der Waals surface area contributed by atoms with Gasteiger partial charge in [-0.25, -0.2) is 21.1 Å². The van der Waals surface area contributed by atoms with E-state index >= 15 is 0 Å². The summed E-state index contributed by atoms with van der Waals surface area (Å²) in [6.45, 7) is 0.0113. The fourth-order valence-electron chi connectivity index (χ4n) is 2.78. The summed E-state index contributed by atoms with van der Waals surface area (Å²) in [7, 11) is -4.58. The Bertz CT molecular complexity index is 1150. The van der Waals surface area contributed by atoms with Gasteiger partial charge in [0.1, 0.15) is 6.54 Å². The van der Waals surface area contributed by atoms with E-state index in [4.69, 9.17) is 11.6 Å². The Balaban J connectivity index is 1.88. The number of hydrogen-bond donors (Lipinski definition) is 1. The van der Waals surface area contributed by atoms with Gasteiger partial charge in [-0.05, 0) is 48.1 Å². The van der Waals surface area contributed by atoms with Crippen molar-refractivity contribution in [1.82, 2.24) is 9.62 Å². The van der Waals surface area contributed by atoms with Crippen molar-refractivity contribution < 1.29 is 21.6 Å². The van der Waals surface area contributed by atoms with E-state index in [1.165, 1.54) is 38.4 Å². The van der Waals surface area contributed by atoms with Crippen molar-refractivity contribution in [2.45, 2.75) is 17.1 Å². The molecule has 0 aliphatic heterocycles. The number of rotatable bonds is 12. The molecule has 2 aromatic carbocycles. The summed E-state index contributed by atoms with van der Waals surface area (Å²) in [5, 5.41) is 3.46. The molecule has 0 aromatic heterocycles. The lowest BCUT2D eigenvalue weighted by atomic mass is 10.2. The van der Waals surface area contributed by atoms with Gasteiger partial charge < -0.3 is 5.32 Å². The zero-order chi connectivity index (χ0) is 24.6. The minimum atomic E-state index is -3.76. The lowest BCUT2D eigenvalue weighted by molar-refractivity contribution is -0.119. The van der Waals surface area contributed by atoms with Crippen molar-refractivity contribution in [2.24, 2.45) is 0 Å². The van der Waals surface area contributed by atoms with Crippen molar-refractivity contribution in [3.63, 3.8) is 0 Å². The Morgan fingerprint density at radius 3 is 2.24 bits per heavy atom. The molecule has 1 amide bonds. The molecule has 0 aliphatic carbocycles. The summed E-state index contributed by atoms with van der Waals surface area (Å²) >= 11 is 7.83. The Kier molecular flexibility index (Phi) is 10.0. The fourth-order valence-corrected chi connectivity index (χ4v) is 5.79. The maximum atomic E-state index is 12.3. The molecule has 0 radical (unpaired) electrons. The van der Waals surface area contributed by atoms with Crippen LogP contribution >= 0.6 is 23.4 Å². The van der Waals surface area contributed by atoms with Gasteiger partial charge in [-0.2, -0.15) is 11.8 Å². The lowest BCUT2D eigenvalue weighted by Crippen LogP contribution is -2.40. The molecule has 0 spiro atoms. The number of nitrogens with zero attached hydrogens (tertiary/aromatic N) is 2. The zero-order valence-electron chi connectivity index (χ0n) is 18.7. The van der Waals surface area contributed by atoms with Crippen molar-refractivity contribution in [1.29, 1.82) is 0 Å². The average molecular weight is 534 g/mol. The largest absolute Gasteiger partial charge is 0.354 e. The molecule has 0 heterocycles. The summed E-state index contributed by atoms with van der Waals surface area (Å²) in [6, 6.07) is 13.0. The maximum absolute atomic E-state index is 12.3. The highest BCUT2D eigenvalue weighted by atomic mass is 35.5. The van der Waals surface area contributed by atoms with Crippen LogP contribution in [-0.2, 0) is 30.6 Å². The molecule has 12 heteroatoms. The second kappa shape index (κ2) is 12.1. The highest BCUT2D eigenvalue weighted by molar-refractivity contribution is 7.98. The quantitative estimate of drug-likeness (QED) is 0.421. The van der Waals surface area contributed by atoms with Crippen LogP contribution in [0.1, 0.15) is 12.0 Å². The first kappa shape index (κ1) is 27.5. The van der Waals surface area contributed by atoms with Crippen LogP contribution in [0.2, 0.25) is 5.02 Å². The summed E-state index contributed by atoms with van der Waals surface area (Å²) in [6.07, 6.45) is 1.72. The van der Waals surface area contributed by atoms with Crippen molar-refractivity contribution in [3.8, 4) is 0 Å². The third-order valence-corrected chi connectivity index (χ3v) is 9.02. The van der Waals surface area contributed by atoms with Crippen molar-refractivity contribution in [3.05, 3.63) is 59.1 Å². The predicted molar refractivity (Wildman–Crippen MR) is 135 cm³/mol. The molecule has 0 unspecified atom stereocenters. The zero-order valence-corrected chi connectivity index (χ0v) is 21.9. The van der Waals surface area contributed by atoms with Crippen LogP contribution in [0, 0.1) is 0 Å². The van der Waals surface area contributed by atoms with Gasteiger partial charge in [0.2, 0.25) is 26.0 Å². The number of anilines is 1. The lowest BCUT2D eigenvalue weighted by Gasteiger charge is -2.22. The van der Waals surface area contributed by atoms with Crippen LogP contribution in [0.3, 0.4) is 0 Å². The van der Waals surface area contributed by atoms with E-state index in [9.17, 15) is 21.6 Å². The molecule has 0 fully saturated rings. The Morgan fingerprint density at radius 2 is 1.67 bits per heavy atom. The number of sulfonamides is 2. The molecule has 1 N–H and O–H groups in total. The Morgan fingerprint density at radius 1 is 1.03 bits per heavy atom. The van der Waals surface area contributed by atoms with Crippen molar-refractivity contribution in [2.75, 3.05) is 43.5 Å². The normalized spacial score (nSPS) is 12.0. The number of nitrogens with one attached hydrogen (secondary N) is 1. The van der Waals surface area contributed by atoms with Gasteiger partial charge in [0, 0.05) is 31.4 Å². The molecule has 0 bridgehead atoms. The van der Waals surface area contributed by atoms with E-state index in [0.29, 0.717) is 6.54 Å². The number of halogens is 1. The molecule has 2 rings (SSSR count). The van der Waals surface area contributed by atoms with Gasteiger partial charge in [0.15, 0.2) is 0 Å². The molecule has 0 aliphatic rings. The van der Waals surface area contributed by atoms with Crippen LogP contribution in [0.25, 0.3) is 0 Å². The molecule has 33 heavy (non-hydrogen) atoms. The Hall–Kier alpha value is -1.79. The van der Waals surface area contributed by atoms with E-state index in [1.807, 2.05) is 24.3 Å². The monoisotopic (exact) mass is 533 g/mol. The average Bonchev–Trinajstić information content (AvgIpc) is 2.75. The minimum absolute atomic E-state index is 0.0310. The molecule has 0 saturated heterocycles. The van der Waals surface area contributed by atoms with E-state index in [0.717, 1.165) is 43.4 Å². The van der Waals surface area contributed by atoms with Gasteiger partial charge in [-0.1, -0.05) is 29.8 Å². The second-order valence-corrected chi connectivity index (χ2v) is 13.0. The topological polar surface area (TPSA) is 104 Å². The number of amides is 1. The SMILES string of the molecule is CN(C)S(=O)(=O)c1ccc(N(CC(=O)NCCCSCc2ccccc2Cl)S(C)(=O)=O)cc1. The molecular weight excluding hydrogens is 506 g/mol. The summed E-state index contributed by atoms with van der Waals surface area (Å²) < 4.78 is 50.9. The minimum Gasteiger partial charge on any atom is -0.354 e. The second-order valence-electron chi connectivity index (χ2n) is 7.40. The summed E-state index contributed by atoms with van der Waals surface area (Å²) in [5.41, 5.74) is 1.27. The summed E-state index contributed by atoms with van der Waals surface area (Å²) in [4.78, 5) is 12.4.